The van der Waals surface area contributed by atoms with Crippen LogP contribution in [0.5, 0.6) is 5.75 Å². The highest BCUT2D eigenvalue weighted by molar-refractivity contribution is 6.33. The summed E-state index contributed by atoms with van der Waals surface area (Å²) in [6, 6.07) is 14.2. The summed E-state index contributed by atoms with van der Waals surface area (Å²) in [7, 11) is 0. The molecule has 0 aliphatic heterocycles. The van der Waals surface area contributed by atoms with Gasteiger partial charge in [0.15, 0.2) is 0 Å². The Balaban J connectivity index is 2.05. The van der Waals surface area contributed by atoms with Crippen LogP contribution < -0.4 is 10.1 Å². The Morgan fingerprint density at radius 2 is 1.89 bits per heavy atom. The third-order valence-electron chi connectivity index (χ3n) is 2.31. The van der Waals surface area contributed by atoms with E-state index in [1.807, 2.05) is 19.1 Å². The molecule has 1 amide bonds. The predicted molar refractivity (Wildman–Crippen MR) is 72.3 cm³/mol. The number of rotatable bonds is 2. The molecule has 0 unspecified atom stereocenters. The first kappa shape index (κ1) is 12.5. The molecule has 0 bridgehead atoms. The lowest BCUT2D eigenvalue weighted by molar-refractivity contribution is 0.215. The van der Waals surface area contributed by atoms with Gasteiger partial charge in [-0.3, -0.25) is 5.32 Å². The molecule has 18 heavy (non-hydrogen) atoms. The number of amides is 1. The Labute approximate surface area is 110 Å². The van der Waals surface area contributed by atoms with Crippen molar-refractivity contribution in [2.24, 2.45) is 0 Å². The average molecular weight is 262 g/mol. The summed E-state index contributed by atoms with van der Waals surface area (Å²) in [5.74, 6) is 0.485. The number of para-hydroxylation sites is 1. The molecule has 4 heteroatoms. The van der Waals surface area contributed by atoms with Crippen LogP contribution in [0.3, 0.4) is 0 Å². The van der Waals surface area contributed by atoms with Crippen molar-refractivity contribution in [3.63, 3.8) is 0 Å². The van der Waals surface area contributed by atoms with Gasteiger partial charge >= 0.3 is 6.09 Å². The van der Waals surface area contributed by atoms with Crippen molar-refractivity contribution in [3.8, 4) is 5.75 Å². The second-order valence-electron chi connectivity index (χ2n) is 3.81. The smallest absolute Gasteiger partial charge is 0.410 e. The highest BCUT2D eigenvalue weighted by atomic mass is 35.5. The maximum atomic E-state index is 11.7. The maximum absolute atomic E-state index is 11.7. The molecule has 0 spiro atoms. The van der Waals surface area contributed by atoms with Gasteiger partial charge in [0, 0.05) is 0 Å². The van der Waals surface area contributed by atoms with Gasteiger partial charge in [-0.1, -0.05) is 35.9 Å². The normalized spacial score (nSPS) is 9.89. The standard InChI is InChI=1S/C14H12ClNO2/c1-10-7-8-12(15)13(9-10)16-14(17)18-11-5-3-2-4-6-11/h2-9H,1H3,(H,16,17). The lowest BCUT2D eigenvalue weighted by Gasteiger charge is -2.08. The van der Waals surface area contributed by atoms with E-state index >= 15 is 0 Å². The van der Waals surface area contributed by atoms with Gasteiger partial charge in [0.2, 0.25) is 0 Å². The van der Waals surface area contributed by atoms with Crippen LogP contribution in [0.2, 0.25) is 5.02 Å². The molecular weight excluding hydrogens is 250 g/mol. The van der Waals surface area contributed by atoms with E-state index in [9.17, 15) is 4.79 Å². The van der Waals surface area contributed by atoms with Gasteiger partial charge in [-0.15, -0.1) is 0 Å². The summed E-state index contributed by atoms with van der Waals surface area (Å²) in [5.41, 5.74) is 1.55. The molecule has 2 aromatic rings. The van der Waals surface area contributed by atoms with E-state index in [0.717, 1.165) is 5.56 Å². The van der Waals surface area contributed by atoms with Gasteiger partial charge in [-0.2, -0.15) is 0 Å². The van der Waals surface area contributed by atoms with Crippen molar-refractivity contribution in [2.75, 3.05) is 5.32 Å². The van der Waals surface area contributed by atoms with Crippen molar-refractivity contribution in [1.29, 1.82) is 0 Å². The highest BCUT2D eigenvalue weighted by Gasteiger charge is 2.07. The van der Waals surface area contributed by atoms with Crippen LogP contribution in [0.4, 0.5) is 10.5 Å². The van der Waals surface area contributed by atoms with E-state index in [2.05, 4.69) is 5.32 Å². The molecule has 0 heterocycles. The van der Waals surface area contributed by atoms with Crippen molar-refractivity contribution in [1.82, 2.24) is 0 Å². The molecular formula is C14H12ClNO2. The van der Waals surface area contributed by atoms with Gasteiger partial charge in [-0.05, 0) is 36.8 Å². The quantitative estimate of drug-likeness (QED) is 0.877. The third kappa shape index (κ3) is 3.25. The SMILES string of the molecule is Cc1ccc(Cl)c(NC(=O)Oc2ccccc2)c1. The molecule has 2 rings (SSSR count). The fourth-order valence-electron chi connectivity index (χ4n) is 1.47. The lowest BCUT2D eigenvalue weighted by Crippen LogP contribution is -2.16. The molecule has 3 nitrogen and oxygen atoms in total. The molecule has 0 saturated heterocycles. The number of carbonyl (C=O) groups excluding carboxylic acids is 1. The fraction of sp³-hybridized carbons (Fsp3) is 0.0714. The number of aryl methyl sites for hydroxylation is 1. The molecule has 1 N–H and O–H groups in total. The Hall–Kier alpha value is -2.00. The predicted octanol–water partition coefficient (Wildman–Crippen LogP) is 4.26. The van der Waals surface area contributed by atoms with E-state index in [4.69, 9.17) is 16.3 Å². The molecule has 0 aromatic heterocycles. The molecule has 0 saturated carbocycles. The molecule has 0 fully saturated rings. The Kier molecular flexibility index (Phi) is 3.85. The highest BCUT2D eigenvalue weighted by Crippen LogP contribution is 2.23. The Morgan fingerprint density at radius 1 is 1.17 bits per heavy atom. The number of halogens is 1. The van der Waals surface area contributed by atoms with E-state index in [0.29, 0.717) is 16.5 Å². The molecule has 0 radical (unpaired) electrons. The number of hydrogen-bond donors (Lipinski definition) is 1. The van der Waals surface area contributed by atoms with Crippen LogP contribution in [0.25, 0.3) is 0 Å². The molecule has 0 atom stereocenters. The summed E-state index contributed by atoms with van der Waals surface area (Å²) in [6.07, 6.45) is -0.561. The summed E-state index contributed by atoms with van der Waals surface area (Å²) < 4.78 is 5.10. The van der Waals surface area contributed by atoms with E-state index in [1.54, 1.807) is 36.4 Å². The first-order valence-corrected chi connectivity index (χ1v) is 5.83. The summed E-state index contributed by atoms with van der Waals surface area (Å²) >= 11 is 5.97. The maximum Gasteiger partial charge on any atom is 0.417 e. The van der Waals surface area contributed by atoms with Crippen molar-refractivity contribution in [2.45, 2.75) is 6.92 Å². The summed E-state index contributed by atoms with van der Waals surface area (Å²) in [5, 5.41) is 3.08. The average Bonchev–Trinajstić information content (AvgIpc) is 2.35. The second kappa shape index (κ2) is 5.56. The molecule has 0 aliphatic carbocycles. The monoisotopic (exact) mass is 261 g/mol. The number of anilines is 1. The van der Waals surface area contributed by atoms with Crippen LogP contribution in [0.1, 0.15) is 5.56 Å². The molecule has 92 valence electrons. The first-order chi connectivity index (χ1) is 8.65. The van der Waals surface area contributed by atoms with Gasteiger partial charge in [0.1, 0.15) is 5.75 Å². The summed E-state index contributed by atoms with van der Waals surface area (Å²) in [4.78, 5) is 11.7. The zero-order chi connectivity index (χ0) is 13.0. The molecule has 2 aromatic carbocycles. The lowest BCUT2D eigenvalue weighted by atomic mass is 10.2. The number of benzene rings is 2. The van der Waals surface area contributed by atoms with Crippen molar-refractivity contribution < 1.29 is 9.53 Å². The van der Waals surface area contributed by atoms with Gasteiger partial charge < -0.3 is 4.74 Å². The van der Waals surface area contributed by atoms with E-state index < -0.39 is 6.09 Å². The van der Waals surface area contributed by atoms with E-state index in [1.165, 1.54) is 0 Å². The number of carbonyl (C=O) groups is 1. The minimum Gasteiger partial charge on any atom is -0.410 e. The van der Waals surface area contributed by atoms with Gasteiger partial charge in [-0.25, -0.2) is 4.79 Å². The van der Waals surface area contributed by atoms with Crippen LogP contribution in [-0.2, 0) is 0 Å². The minimum atomic E-state index is -0.561. The largest absolute Gasteiger partial charge is 0.417 e. The van der Waals surface area contributed by atoms with Crippen LogP contribution in [0, 0.1) is 6.92 Å². The van der Waals surface area contributed by atoms with Crippen LogP contribution in [0.15, 0.2) is 48.5 Å². The Bertz CT molecular complexity index is 555. The van der Waals surface area contributed by atoms with Crippen LogP contribution >= 0.6 is 11.6 Å². The Morgan fingerprint density at radius 3 is 2.61 bits per heavy atom. The first-order valence-electron chi connectivity index (χ1n) is 5.45. The van der Waals surface area contributed by atoms with Crippen molar-refractivity contribution >= 4 is 23.4 Å². The van der Waals surface area contributed by atoms with Crippen molar-refractivity contribution in [3.05, 3.63) is 59.1 Å². The molecule has 0 aliphatic rings. The topological polar surface area (TPSA) is 38.3 Å². The fourth-order valence-corrected chi connectivity index (χ4v) is 1.63. The zero-order valence-corrected chi connectivity index (χ0v) is 10.6. The zero-order valence-electron chi connectivity index (χ0n) is 9.81. The summed E-state index contributed by atoms with van der Waals surface area (Å²) in [6.45, 7) is 1.92. The van der Waals surface area contributed by atoms with Gasteiger partial charge in [0.25, 0.3) is 0 Å². The number of nitrogens with one attached hydrogen (secondary N) is 1. The number of ether oxygens (including phenoxy) is 1. The van der Waals surface area contributed by atoms with E-state index in [-0.39, 0.29) is 0 Å². The van der Waals surface area contributed by atoms with Gasteiger partial charge in [0.05, 0.1) is 10.7 Å². The van der Waals surface area contributed by atoms with Crippen LogP contribution in [-0.4, -0.2) is 6.09 Å². The number of hydrogen-bond acceptors (Lipinski definition) is 2. The third-order valence-corrected chi connectivity index (χ3v) is 2.64. The minimum absolute atomic E-state index is 0.477. The second-order valence-corrected chi connectivity index (χ2v) is 4.22.